The van der Waals surface area contributed by atoms with Gasteiger partial charge in [-0.3, -0.25) is 0 Å². The lowest BCUT2D eigenvalue weighted by Gasteiger charge is -2.14. The van der Waals surface area contributed by atoms with Gasteiger partial charge in [0.15, 0.2) is 0 Å². The van der Waals surface area contributed by atoms with Crippen LogP contribution in [-0.2, 0) is 4.79 Å². The minimum atomic E-state index is -1.21. The average molecular weight is 165 g/mol. The molecule has 0 amide bonds. The number of carboxylic acids is 1. The predicted molar refractivity (Wildman–Crippen MR) is 41.5 cm³/mol. The Bertz CT molecular complexity index is 256. The lowest BCUT2D eigenvalue weighted by atomic mass is 10.3. The van der Waals surface area contributed by atoms with Gasteiger partial charge < -0.3 is 14.6 Å². The Morgan fingerprint density at radius 2 is 2.00 bits per heavy atom. The summed E-state index contributed by atoms with van der Waals surface area (Å²) in [4.78, 5) is 10.3. The number of ether oxygens (including phenoxy) is 1. The molecule has 0 bridgehead atoms. The van der Waals surface area contributed by atoms with Gasteiger partial charge in [0.05, 0.1) is 5.97 Å². The van der Waals surface area contributed by atoms with Crippen molar-refractivity contribution in [1.29, 1.82) is 0 Å². The van der Waals surface area contributed by atoms with Crippen molar-refractivity contribution in [3.05, 3.63) is 30.3 Å². The van der Waals surface area contributed by atoms with Crippen molar-refractivity contribution in [1.82, 2.24) is 0 Å². The number of para-hydroxylation sites is 1. The van der Waals surface area contributed by atoms with Crippen molar-refractivity contribution < 1.29 is 14.6 Å². The Labute approximate surface area is 70.6 Å². The molecule has 0 heterocycles. The van der Waals surface area contributed by atoms with Crippen LogP contribution in [0.25, 0.3) is 0 Å². The molecule has 0 aromatic heterocycles. The smallest absolute Gasteiger partial charge is 0.135 e. The molecule has 12 heavy (non-hydrogen) atoms. The highest BCUT2D eigenvalue weighted by molar-refractivity contribution is 5.69. The fraction of sp³-hybridized carbons (Fsp3) is 0.222. The minimum absolute atomic E-state index is 0.536. The van der Waals surface area contributed by atoms with Crippen molar-refractivity contribution in [2.75, 3.05) is 0 Å². The highest BCUT2D eigenvalue weighted by Gasteiger charge is 2.02. The monoisotopic (exact) mass is 165 g/mol. The molecule has 64 valence electrons. The highest BCUT2D eigenvalue weighted by atomic mass is 16.5. The van der Waals surface area contributed by atoms with E-state index >= 15 is 0 Å². The zero-order valence-electron chi connectivity index (χ0n) is 6.69. The van der Waals surface area contributed by atoms with Gasteiger partial charge in [-0.1, -0.05) is 18.2 Å². The van der Waals surface area contributed by atoms with Crippen molar-refractivity contribution in [2.45, 2.75) is 13.0 Å². The molecule has 1 aromatic carbocycles. The Morgan fingerprint density at radius 3 is 2.50 bits per heavy atom. The molecule has 0 aliphatic carbocycles. The molecule has 0 saturated heterocycles. The van der Waals surface area contributed by atoms with Crippen LogP contribution in [0.4, 0.5) is 0 Å². The first-order valence-electron chi connectivity index (χ1n) is 3.62. The second kappa shape index (κ2) is 3.76. The Balaban J connectivity index is 2.58. The quantitative estimate of drug-likeness (QED) is 0.643. The summed E-state index contributed by atoms with van der Waals surface area (Å²) in [5.41, 5.74) is 0. The Hall–Kier alpha value is -1.51. The van der Waals surface area contributed by atoms with E-state index in [1.165, 1.54) is 6.92 Å². The van der Waals surface area contributed by atoms with Gasteiger partial charge in [-0.2, -0.15) is 0 Å². The van der Waals surface area contributed by atoms with Gasteiger partial charge in [0.25, 0.3) is 0 Å². The molecular formula is C9H9O3-. The molecule has 3 heteroatoms. The molecule has 1 atom stereocenters. The molecule has 0 fully saturated rings. The van der Waals surface area contributed by atoms with Crippen LogP contribution in [0.5, 0.6) is 5.75 Å². The zero-order valence-corrected chi connectivity index (χ0v) is 6.69. The van der Waals surface area contributed by atoms with Crippen LogP contribution in [0.3, 0.4) is 0 Å². The van der Waals surface area contributed by atoms with E-state index in [4.69, 9.17) is 4.74 Å². The third-order valence-electron chi connectivity index (χ3n) is 1.39. The normalized spacial score (nSPS) is 12.1. The van der Waals surface area contributed by atoms with Crippen molar-refractivity contribution in [3.8, 4) is 5.75 Å². The van der Waals surface area contributed by atoms with Crippen LogP contribution < -0.4 is 9.84 Å². The number of hydrogen-bond donors (Lipinski definition) is 0. The number of carboxylic acid groups (broad SMARTS) is 1. The fourth-order valence-electron chi connectivity index (χ4n) is 0.751. The number of carbonyl (C=O) groups excluding carboxylic acids is 1. The lowest BCUT2D eigenvalue weighted by molar-refractivity contribution is -0.312. The predicted octanol–water partition coefficient (Wildman–Crippen LogP) is 0.204. The molecular weight excluding hydrogens is 156 g/mol. The summed E-state index contributed by atoms with van der Waals surface area (Å²) in [7, 11) is 0. The lowest BCUT2D eigenvalue weighted by Crippen LogP contribution is -2.37. The van der Waals surface area contributed by atoms with Gasteiger partial charge in [0, 0.05) is 0 Å². The van der Waals surface area contributed by atoms with Gasteiger partial charge >= 0.3 is 0 Å². The van der Waals surface area contributed by atoms with E-state index in [0.717, 1.165) is 0 Å². The van der Waals surface area contributed by atoms with Crippen molar-refractivity contribution >= 4 is 5.97 Å². The van der Waals surface area contributed by atoms with E-state index in [9.17, 15) is 9.90 Å². The maximum atomic E-state index is 10.3. The van der Waals surface area contributed by atoms with E-state index in [1.807, 2.05) is 6.07 Å². The first kappa shape index (κ1) is 8.59. The van der Waals surface area contributed by atoms with Gasteiger partial charge in [-0.15, -0.1) is 0 Å². The molecule has 1 unspecified atom stereocenters. The van der Waals surface area contributed by atoms with Gasteiger partial charge in [-0.05, 0) is 19.1 Å². The van der Waals surface area contributed by atoms with Gasteiger partial charge in [-0.25, -0.2) is 0 Å². The minimum Gasteiger partial charge on any atom is -0.546 e. The summed E-state index contributed by atoms with van der Waals surface area (Å²) in [5, 5.41) is 10.3. The number of rotatable bonds is 3. The molecule has 1 aromatic rings. The van der Waals surface area contributed by atoms with Crippen molar-refractivity contribution in [2.24, 2.45) is 0 Å². The van der Waals surface area contributed by atoms with Gasteiger partial charge in [0.2, 0.25) is 0 Å². The van der Waals surface area contributed by atoms with E-state index in [0.29, 0.717) is 5.75 Å². The average Bonchev–Trinajstić information content (AvgIpc) is 2.06. The second-order valence-electron chi connectivity index (χ2n) is 2.39. The van der Waals surface area contributed by atoms with Crippen LogP contribution in [0, 0.1) is 0 Å². The summed E-state index contributed by atoms with van der Waals surface area (Å²) >= 11 is 0. The van der Waals surface area contributed by atoms with E-state index in [1.54, 1.807) is 24.3 Å². The molecule has 1 rings (SSSR count). The summed E-state index contributed by atoms with van der Waals surface area (Å²) in [6.45, 7) is 1.43. The maximum absolute atomic E-state index is 10.3. The largest absolute Gasteiger partial charge is 0.546 e. The Morgan fingerprint density at radius 1 is 1.42 bits per heavy atom. The van der Waals surface area contributed by atoms with Crippen LogP contribution >= 0.6 is 0 Å². The number of aliphatic carboxylic acids is 1. The van der Waals surface area contributed by atoms with Crippen LogP contribution in [-0.4, -0.2) is 12.1 Å². The van der Waals surface area contributed by atoms with E-state index in [2.05, 4.69) is 0 Å². The molecule has 0 spiro atoms. The third kappa shape index (κ3) is 2.27. The Kier molecular flexibility index (Phi) is 2.69. The number of benzene rings is 1. The van der Waals surface area contributed by atoms with E-state index < -0.39 is 12.1 Å². The summed E-state index contributed by atoms with van der Waals surface area (Å²) in [6, 6.07) is 8.77. The highest BCUT2D eigenvalue weighted by Crippen LogP contribution is 2.09. The second-order valence-corrected chi connectivity index (χ2v) is 2.39. The number of carbonyl (C=O) groups is 1. The van der Waals surface area contributed by atoms with E-state index in [-0.39, 0.29) is 0 Å². The van der Waals surface area contributed by atoms with Crippen molar-refractivity contribution in [3.63, 3.8) is 0 Å². The van der Waals surface area contributed by atoms with Crippen LogP contribution in [0.1, 0.15) is 6.92 Å². The summed E-state index contributed by atoms with van der Waals surface area (Å²) < 4.78 is 5.01. The van der Waals surface area contributed by atoms with Gasteiger partial charge in [0.1, 0.15) is 11.9 Å². The molecule has 3 nitrogen and oxygen atoms in total. The topological polar surface area (TPSA) is 49.4 Å². The first-order valence-corrected chi connectivity index (χ1v) is 3.62. The summed E-state index contributed by atoms with van der Waals surface area (Å²) in [6.07, 6.45) is -0.910. The summed E-state index contributed by atoms with van der Waals surface area (Å²) in [5.74, 6) is -0.673. The molecule has 0 radical (unpaired) electrons. The molecule has 0 aliphatic rings. The zero-order chi connectivity index (χ0) is 8.97. The fourth-order valence-corrected chi connectivity index (χ4v) is 0.751. The van der Waals surface area contributed by atoms with Crippen LogP contribution in [0.15, 0.2) is 30.3 Å². The molecule has 0 saturated carbocycles. The van der Waals surface area contributed by atoms with Crippen LogP contribution in [0.2, 0.25) is 0 Å². The third-order valence-corrected chi connectivity index (χ3v) is 1.39. The number of hydrogen-bond acceptors (Lipinski definition) is 3. The molecule has 0 aliphatic heterocycles. The standard InChI is InChI=1S/C9H10O3/c1-7(9(10)11)12-8-5-3-2-4-6-8/h2-7H,1H3,(H,10,11)/p-1. The maximum Gasteiger partial charge on any atom is 0.135 e. The first-order chi connectivity index (χ1) is 5.70. The SMILES string of the molecule is CC(Oc1ccccc1)C(=O)[O-]. The molecule has 0 N–H and O–H groups in total.